The predicted octanol–water partition coefficient (Wildman–Crippen LogP) is 3.11. The zero-order valence-electron chi connectivity index (χ0n) is 16.9. The van der Waals surface area contributed by atoms with Crippen molar-refractivity contribution in [2.24, 2.45) is 4.99 Å². The second-order valence-corrected chi connectivity index (χ2v) is 6.39. The number of pyridine rings is 1. The maximum Gasteiger partial charge on any atom is 0.191 e. The first-order chi connectivity index (χ1) is 13.7. The molecular weight excluding hydrogens is 479 g/mol. The van der Waals surface area contributed by atoms with Gasteiger partial charge in [0.05, 0.1) is 7.11 Å². The van der Waals surface area contributed by atoms with Gasteiger partial charge in [0.1, 0.15) is 5.75 Å². The van der Waals surface area contributed by atoms with Crippen LogP contribution in [-0.2, 0) is 13.0 Å². The first-order valence-electron chi connectivity index (χ1n) is 9.22. The van der Waals surface area contributed by atoms with Crippen LogP contribution in [0.4, 0.5) is 0 Å². The van der Waals surface area contributed by atoms with Crippen LogP contribution in [0.5, 0.6) is 5.75 Å². The second-order valence-electron chi connectivity index (χ2n) is 6.39. The highest BCUT2D eigenvalue weighted by atomic mass is 127. The molecule has 0 atom stereocenters. The molecule has 2 N–H and O–H groups in total. The molecule has 3 rings (SSSR count). The van der Waals surface area contributed by atoms with Gasteiger partial charge in [-0.25, -0.2) is 9.67 Å². The molecular formula is C21H27IN6O. The summed E-state index contributed by atoms with van der Waals surface area (Å²) in [4.78, 5) is 8.65. The van der Waals surface area contributed by atoms with Crippen LogP contribution in [0.1, 0.15) is 16.7 Å². The van der Waals surface area contributed by atoms with E-state index in [2.05, 4.69) is 44.8 Å². The smallest absolute Gasteiger partial charge is 0.191 e. The lowest BCUT2D eigenvalue weighted by Crippen LogP contribution is -2.37. The Morgan fingerprint density at radius 3 is 2.76 bits per heavy atom. The zero-order valence-corrected chi connectivity index (χ0v) is 19.3. The Labute approximate surface area is 188 Å². The molecule has 0 saturated heterocycles. The summed E-state index contributed by atoms with van der Waals surface area (Å²) in [6.45, 7) is 3.49. The normalized spacial score (nSPS) is 10.9. The standard InChI is InChI=1S/C21H26N6O.HI/c1-16-5-6-19(28-3)18(13-16)8-11-24-21(22-2)25-15-17-7-10-23-20(14-17)27-12-4-9-26-27;/h4-7,9-10,12-14H,8,11,15H2,1-3H3,(H2,22,24,25);1H. The molecule has 0 amide bonds. The molecule has 2 aromatic heterocycles. The van der Waals surface area contributed by atoms with E-state index in [-0.39, 0.29) is 24.0 Å². The van der Waals surface area contributed by atoms with Gasteiger partial charge >= 0.3 is 0 Å². The minimum absolute atomic E-state index is 0. The summed E-state index contributed by atoms with van der Waals surface area (Å²) in [5.41, 5.74) is 3.51. The van der Waals surface area contributed by atoms with Crippen LogP contribution in [-0.4, -0.2) is 41.4 Å². The largest absolute Gasteiger partial charge is 0.496 e. The van der Waals surface area contributed by atoms with Gasteiger partial charge < -0.3 is 15.4 Å². The first kappa shape index (κ1) is 22.7. The monoisotopic (exact) mass is 506 g/mol. The zero-order chi connectivity index (χ0) is 19.8. The van der Waals surface area contributed by atoms with Crippen molar-refractivity contribution in [3.05, 3.63) is 71.7 Å². The molecule has 8 heteroatoms. The molecule has 29 heavy (non-hydrogen) atoms. The molecule has 0 radical (unpaired) electrons. The van der Waals surface area contributed by atoms with Crippen LogP contribution in [0.2, 0.25) is 0 Å². The van der Waals surface area contributed by atoms with Gasteiger partial charge in [-0.05, 0) is 48.7 Å². The highest BCUT2D eigenvalue weighted by molar-refractivity contribution is 14.0. The van der Waals surface area contributed by atoms with E-state index >= 15 is 0 Å². The fourth-order valence-electron chi connectivity index (χ4n) is 2.92. The molecule has 0 aliphatic heterocycles. The minimum atomic E-state index is 0. The molecule has 0 bridgehead atoms. The summed E-state index contributed by atoms with van der Waals surface area (Å²) in [7, 11) is 3.47. The fraction of sp³-hybridized carbons (Fsp3) is 0.286. The second kappa shape index (κ2) is 11.4. The van der Waals surface area contributed by atoms with E-state index in [1.165, 1.54) is 11.1 Å². The maximum absolute atomic E-state index is 5.44. The van der Waals surface area contributed by atoms with Gasteiger partial charge in [-0.1, -0.05) is 17.7 Å². The van der Waals surface area contributed by atoms with Crippen LogP contribution in [0.25, 0.3) is 5.82 Å². The van der Waals surface area contributed by atoms with Crippen LogP contribution in [0.3, 0.4) is 0 Å². The number of aryl methyl sites for hydroxylation is 1. The molecule has 0 unspecified atom stereocenters. The number of benzene rings is 1. The fourth-order valence-corrected chi connectivity index (χ4v) is 2.92. The highest BCUT2D eigenvalue weighted by Gasteiger charge is 2.05. The van der Waals surface area contributed by atoms with E-state index in [0.717, 1.165) is 36.1 Å². The number of nitrogens with zero attached hydrogens (tertiary/aromatic N) is 4. The van der Waals surface area contributed by atoms with Crippen molar-refractivity contribution in [1.29, 1.82) is 0 Å². The van der Waals surface area contributed by atoms with Crippen molar-refractivity contribution in [1.82, 2.24) is 25.4 Å². The Bertz CT molecular complexity index is 927. The summed E-state index contributed by atoms with van der Waals surface area (Å²) in [6, 6.07) is 12.1. The molecule has 0 aliphatic carbocycles. The van der Waals surface area contributed by atoms with E-state index in [1.54, 1.807) is 31.2 Å². The average molecular weight is 506 g/mol. The van der Waals surface area contributed by atoms with Crippen molar-refractivity contribution in [2.75, 3.05) is 20.7 Å². The summed E-state index contributed by atoms with van der Waals surface area (Å²) < 4.78 is 7.19. The molecule has 0 fully saturated rings. The maximum atomic E-state index is 5.44. The lowest BCUT2D eigenvalue weighted by Gasteiger charge is -2.14. The number of aromatic nitrogens is 3. The molecule has 7 nitrogen and oxygen atoms in total. The van der Waals surface area contributed by atoms with Gasteiger partial charge in [0.15, 0.2) is 11.8 Å². The van der Waals surface area contributed by atoms with Crippen molar-refractivity contribution in [3.63, 3.8) is 0 Å². The van der Waals surface area contributed by atoms with Crippen LogP contribution >= 0.6 is 24.0 Å². The van der Waals surface area contributed by atoms with Gasteiger partial charge in [0.25, 0.3) is 0 Å². The summed E-state index contributed by atoms with van der Waals surface area (Å²) in [6.07, 6.45) is 6.25. The molecule has 1 aromatic carbocycles. The third-order valence-corrected chi connectivity index (χ3v) is 4.36. The third kappa shape index (κ3) is 6.45. The van der Waals surface area contributed by atoms with Gasteiger partial charge in [-0.3, -0.25) is 4.99 Å². The molecule has 3 aromatic rings. The van der Waals surface area contributed by atoms with E-state index in [4.69, 9.17) is 4.74 Å². The molecule has 154 valence electrons. The molecule has 0 saturated carbocycles. The van der Waals surface area contributed by atoms with Crippen LogP contribution < -0.4 is 15.4 Å². The van der Waals surface area contributed by atoms with Gasteiger partial charge in [-0.15, -0.1) is 24.0 Å². The van der Waals surface area contributed by atoms with Gasteiger partial charge in [0, 0.05) is 38.7 Å². The molecule has 0 spiro atoms. The third-order valence-electron chi connectivity index (χ3n) is 4.36. The number of guanidine groups is 1. The van der Waals surface area contributed by atoms with E-state index in [0.29, 0.717) is 6.54 Å². The predicted molar refractivity (Wildman–Crippen MR) is 126 cm³/mol. The van der Waals surface area contributed by atoms with Crippen LogP contribution in [0.15, 0.2) is 60.0 Å². The van der Waals surface area contributed by atoms with Crippen molar-refractivity contribution in [2.45, 2.75) is 19.9 Å². The van der Waals surface area contributed by atoms with E-state index < -0.39 is 0 Å². The number of hydrogen-bond acceptors (Lipinski definition) is 4. The highest BCUT2D eigenvalue weighted by Crippen LogP contribution is 2.19. The van der Waals surface area contributed by atoms with E-state index in [1.807, 2.05) is 30.5 Å². The van der Waals surface area contributed by atoms with Crippen molar-refractivity contribution >= 4 is 29.9 Å². The SMILES string of the molecule is CN=C(NCCc1cc(C)ccc1OC)NCc1ccnc(-n2cccn2)c1.I. The van der Waals surface area contributed by atoms with E-state index in [9.17, 15) is 0 Å². The molecule has 0 aliphatic rings. The van der Waals surface area contributed by atoms with Gasteiger partial charge in [0.2, 0.25) is 0 Å². The Hall–Kier alpha value is -2.62. The lowest BCUT2D eigenvalue weighted by atomic mass is 10.1. The Balaban J connectivity index is 0.00000300. The number of halogens is 1. The Morgan fingerprint density at radius 1 is 1.17 bits per heavy atom. The first-order valence-corrected chi connectivity index (χ1v) is 9.22. The number of ether oxygens (including phenoxy) is 1. The summed E-state index contributed by atoms with van der Waals surface area (Å²) >= 11 is 0. The Kier molecular flexibility index (Phi) is 8.91. The number of aliphatic imine (C=N–C) groups is 1. The number of hydrogen-bond donors (Lipinski definition) is 2. The average Bonchev–Trinajstić information content (AvgIpc) is 3.26. The summed E-state index contributed by atoms with van der Waals surface area (Å²) in [5, 5.41) is 10.9. The van der Waals surface area contributed by atoms with Crippen molar-refractivity contribution < 1.29 is 4.74 Å². The van der Waals surface area contributed by atoms with Crippen LogP contribution in [0, 0.1) is 6.92 Å². The number of methoxy groups -OCH3 is 1. The topological polar surface area (TPSA) is 76.4 Å². The number of nitrogens with one attached hydrogen (secondary N) is 2. The molecule has 2 heterocycles. The summed E-state index contributed by atoms with van der Waals surface area (Å²) in [5.74, 6) is 2.46. The van der Waals surface area contributed by atoms with Crippen molar-refractivity contribution in [3.8, 4) is 11.6 Å². The van der Waals surface area contributed by atoms with Gasteiger partial charge in [-0.2, -0.15) is 5.10 Å². The number of rotatable bonds is 7. The Morgan fingerprint density at radius 2 is 2.03 bits per heavy atom. The quantitative estimate of drug-likeness (QED) is 0.293. The minimum Gasteiger partial charge on any atom is -0.496 e. The lowest BCUT2D eigenvalue weighted by molar-refractivity contribution is 0.409.